The molecule has 5 rings (SSSR count). The number of alkyl halides is 3. The van der Waals surface area contributed by atoms with Crippen molar-refractivity contribution in [3.05, 3.63) is 99.4 Å². The van der Waals surface area contributed by atoms with Crippen LogP contribution in [0.1, 0.15) is 35.5 Å². The predicted octanol–water partition coefficient (Wildman–Crippen LogP) is 6.60. The average Bonchev–Trinajstić information content (AvgIpc) is 3.46. The van der Waals surface area contributed by atoms with E-state index in [2.05, 4.69) is 20.6 Å². The number of Topliss-reactive ketones (excluding diaryl/α,β-unsaturated/α-hetero) is 1. The van der Waals surface area contributed by atoms with Gasteiger partial charge in [-0.05, 0) is 43.2 Å². The summed E-state index contributed by atoms with van der Waals surface area (Å²) in [5.74, 6) is -0.241. The summed E-state index contributed by atoms with van der Waals surface area (Å²) in [5, 5.41) is 6.48. The topological polar surface area (TPSA) is 106 Å². The number of halogens is 3. The highest BCUT2D eigenvalue weighted by Crippen LogP contribution is 2.39. The minimum atomic E-state index is -4.63. The summed E-state index contributed by atoms with van der Waals surface area (Å²) in [5.41, 5.74) is 1.37. The molecule has 214 valence electrons. The third-order valence-corrected chi connectivity index (χ3v) is 7.35. The summed E-state index contributed by atoms with van der Waals surface area (Å²) in [6.07, 6.45) is -1.66. The van der Waals surface area contributed by atoms with Crippen LogP contribution in [0.5, 0.6) is 0 Å². The van der Waals surface area contributed by atoms with Crippen molar-refractivity contribution in [1.82, 2.24) is 19.9 Å². The summed E-state index contributed by atoms with van der Waals surface area (Å²) in [6, 6.07) is 15.4. The van der Waals surface area contributed by atoms with Gasteiger partial charge in [0.05, 0.1) is 11.1 Å². The fourth-order valence-electron chi connectivity index (χ4n) is 4.50. The second-order valence-electron chi connectivity index (χ2n) is 9.41. The third kappa shape index (κ3) is 5.93. The number of aromatic nitrogens is 3. The van der Waals surface area contributed by atoms with Gasteiger partial charge < -0.3 is 9.88 Å². The van der Waals surface area contributed by atoms with Gasteiger partial charge in [-0.1, -0.05) is 36.4 Å². The first-order valence-corrected chi connectivity index (χ1v) is 13.7. The first-order chi connectivity index (χ1) is 20.0. The van der Waals surface area contributed by atoms with Gasteiger partial charge in [0, 0.05) is 47.4 Å². The molecule has 8 nitrogen and oxygen atoms in total. The van der Waals surface area contributed by atoms with Crippen molar-refractivity contribution in [2.24, 2.45) is 0 Å². The normalized spacial score (nSPS) is 11.5. The largest absolute Gasteiger partial charge is 0.434 e. The first-order valence-electron chi connectivity index (χ1n) is 12.9. The van der Waals surface area contributed by atoms with Crippen LogP contribution in [0.3, 0.4) is 0 Å². The number of carbonyl (C=O) groups is 2. The predicted molar refractivity (Wildman–Crippen MR) is 156 cm³/mol. The molecule has 0 radical (unpaired) electrons. The molecule has 5 aromatic rings. The molecule has 0 saturated carbocycles. The van der Waals surface area contributed by atoms with Gasteiger partial charge in [-0.15, -0.1) is 11.3 Å². The number of carbonyl (C=O) groups excluding carboxylic acids is 2. The number of ketones is 1. The molecule has 0 spiro atoms. The maximum absolute atomic E-state index is 13.4. The molecular weight excluding hydrogens is 567 g/mol. The van der Waals surface area contributed by atoms with Crippen molar-refractivity contribution < 1.29 is 22.8 Å². The van der Waals surface area contributed by atoms with Crippen molar-refractivity contribution in [3.8, 4) is 21.7 Å². The van der Waals surface area contributed by atoms with Crippen LogP contribution in [0.25, 0.3) is 32.6 Å². The maximum atomic E-state index is 13.4. The summed E-state index contributed by atoms with van der Waals surface area (Å²) in [6.45, 7) is 3.81. The Bertz CT molecular complexity index is 1870. The van der Waals surface area contributed by atoms with E-state index in [1.165, 1.54) is 25.4 Å². The van der Waals surface area contributed by atoms with Gasteiger partial charge in [-0.2, -0.15) is 13.2 Å². The Morgan fingerprint density at radius 1 is 1.05 bits per heavy atom. The van der Waals surface area contributed by atoms with Gasteiger partial charge in [0.25, 0.3) is 0 Å². The molecular formula is C30H24F3N5O3S. The van der Waals surface area contributed by atoms with E-state index in [4.69, 9.17) is 0 Å². The van der Waals surface area contributed by atoms with E-state index in [9.17, 15) is 27.6 Å². The van der Waals surface area contributed by atoms with E-state index in [-0.39, 0.29) is 22.2 Å². The van der Waals surface area contributed by atoms with Crippen molar-refractivity contribution in [1.29, 1.82) is 0 Å². The van der Waals surface area contributed by atoms with Crippen LogP contribution in [0, 0.1) is 0 Å². The number of benzene rings is 2. The van der Waals surface area contributed by atoms with Crippen LogP contribution in [0.2, 0.25) is 0 Å². The lowest BCUT2D eigenvalue weighted by atomic mass is 9.99. The third-order valence-electron chi connectivity index (χ3n) is 6.48. The number of urea groups is 1. The van der Waals surface area contributed by atoms with Gasteiger partial charge >= 0.3 is 12.2 Å². The molecule has 0 atom stereocenters. The Morgan fingerprint density at radius 3 is 2.48 bits per heavy atom. The lowest BCUT2D eigenvalue weighted by molar-refractivity contribution is -0.140. The number of nitrogens with zero attached hydrogens (tertiary/aromatic N) is 3. The van der Waals surface area contributed by atoms with Crippen molar-refractivity contribution in [3.63, 3.8) is 0 Å². The van der Waals surface area contributed by atoms with Gasteiger partial charge in [-0.25, -0.2) is 14.8 Å². The molecule has 0 aliphatic carbocycles. The molecule has 0 unspecified atom stereocenters. The fourth-order valence-corrected chi connectivity index (χ4v) is 5.36. The van der Waals surface area contributed by atoms with Crippen molar-refractivity contribution in [2.45, 2.75) is 26.6 Å². The number of hydrogen-bond acceptors (Lipinski definition) is 6. The van der Waals surface area contributed by atoms with E-state index >= 15 is 0 Å². The van der Waals surface area contributed by atoms with Crippen LogP contribution in [-0.2, 0) is 12.7 Å². The van der Waals surface area contributed by atoms with Gasteiger partial charge in [-0.3, -0.25) is 14.9 Å². The quantitative estimate of drug-likeness (QED) is 0.208. The molecule has 2 amide bonds. The van der Waals surface area contributed by atoms with E-state index in [0.29, 0.717) is 40.7 Å². The molecule has 3 heterocycles. The second kappa shape index (κ2) is 11.6. The van der Waals surface area contributed by atoms with E-state index in [1.54, 1.807) is 29.7 Å². The maximum Gasteiger partial charge on any atom is 0.434 e. The minimum absolute atomic E-state index is 0.0526. The zero-order valence-corrected chi connectivity index (χ0v) is 23.3. The lowest BCUT2D eigenvalue weighted by Gasteiger charge is -2.16. The minimum Gasteiger partial charge on any atom is -0.342 e. The highest BCUT2D eigenvalue weighted by molar-refractivity contribution is 7.13. The van der Waals surface area contributed by atoms with Gasteiger partial charge in [0.1, 0.15) is 10.8 Å². The summed E-state index contributed by atoms with van der Waals surface area (Å²) in [4.78, 5) is 45.7. The zero-order valence-electron chi connectivity index (χ0n) is 22.5. The number of thiazole rings is 1. The van der Waals surface area contributed by atoms with Crippen molar-refractivity contribution >= 4 is 39.9 Å². The van der Waals surface area contributed by atoms with E-state index in [0.717, 1.165) is 22.3 Å². The highest BCUT2D eigenvalue weighted by Gasteiger charge is 2.34. The summed E-state index contributed by atoms with van der Waals surface area (Å²) in [7, 11) is 0. The number of fused-ring (bicyclic) bond motifs is 1. The van der Waals surface area contributed by atoms with Crippen LogP contribution in [0.15, 0.2) is 77.2 Å². The Balaban J connectivity index is 1.70. The van der Waals surface area contributed by atoms with E-state index < -0.39 is 23.3 Å². The number of pyridine rings is 2. The van der Waals surface area contributed by atoms with Gasteiger partial charge in [0.2, 0.25) is 0 Å². The first kappa shape index (κ1) is 28.7. The Kier molecular flexibility index (Phi) is 7.90. The van der Waals surface area contributed by atoms with Crippen LogP contribution in [0.4, 0.5) is 23.8 Å². The number of rotatable bonds is 7. The molecule has 0 fully saturated rings. The SMILES string of the molecule is CCNC(=O)Nc1cc(-c2nc(C(F)(F)F)cs2)c(-c2ccc3c(=O)c(C(C)=O)cn(Cc4ccccc4)c3c2)cn1. The highest BCUT2D eigenvalue weighted by atomic mass is 32.1. The number of anilines is 1. The Hall–Kier alpha value is -4.84. The molecule has 0 saturated heterocycles. The molecule has 42 heavy (non-hydrogen) atoms. The van der Waals surface area contributed by atoms with Crippen LogP contribution in [-0.4, -0.2) is 32.9 Å². The number of hydrogen-bond donors (Lipinski definition) is 2. The number of amides is 2. The van der Waals surface area contributed by atoms with E-state index in [1.807, 2.05) is 30.3 Å². The van der Waals surface area contributed by atoms with Crippen LogP contribution < -0.4 is 16.1 Å². The average molecular weight is 592 g/mol. The zero-order chi connectivity index (χ0) is 30.0. The fraction of sp³-hybridized carbons (Fsp3) is 0.167. The molecule has 0 bridgehead atoms. The smallest absolute Gasteiger partial charge is 0.342 e. The lowest BCUT2D eigenvalue weighted by Crippen LogP contribution is -2.28. The standard InChI is InChI=1S/C30H24F3N5O3S/c1-3-34-29(41)37-26-12-21(28-36-25(16-42-28)30(31,32)33)22(13-35-26)19-9-10-20-24(11-19)38(14-18-7-5-4-6-8-18)15-23(17(2)39)27(20)40/h4-13,15-16H,3,14H2,1-2H3,(H2,34,35,37,41). The number of nitrogens with one attached hydrogen (secondary N) is 2. The summed E-state index contributed by atoms with van der Waals surface area (Å²) < 4.78 is 42.0. The molecule has 12 heteroatoms. The van der Waals surface area contributed by atoms with Gasteiger partial charge in [0.15, 0.2) is 16.9 Å². The molecule has 2 aromatic carbocycles. The molecule has 2 N–H and O–H groups in total. The Labute approximate surface area is 241 Å². The Morgan fingerprint density at radius 2 is 1.81 bits per heavy atom. The van der Waals surface area contributed by atoms with Crippen LogP contribution >= 0.6 is 11.3 Å². The second-order valence-corrected chi connectivity index (χ2v) is 10.3. The molecule has 0 aliphatic heterocycles. The molecule has 3 aromatic heterocycles. The molecule has 0 aliphatic rings. The van der Waals surface area contributed by atoms with Crippen molar-refractivity contribution in [2.75, 3.05) is 11.9 Å². The summed E-state index contributed by atoms with van der Waals surface area (Å²) >= 11 is 0.812. The monoisotopic (exact) mass is 591 g/mol.